The van der Waals surface area contributed by atoms with E-state index in [0.717, 1.165) is 5.56 Å². The molecule has 0 aliphatic carbocycles. The molecule has 0 radical (unpaired) electrons. The third-order valence-corrected chi connectivity index (χ3v) is 2.89. The van der Waals surface area contributed by atoms with Gasteiger partial charge < -0.3 is 15.2 Å². The van der Waals surface area contributed by atoms with Gasteiger partial charge in [0.25, 0.3) is 0 Å². The molecular formula is C12H14FNO3. The molecule has 0 atom stereocenters. The van der Waals surface area contributed by atoms with Crippen molar-refractivity contribution in [1.82, 2.24) is 5.32 Å². The van der Waals surface area contributed by atoms with Crippen molar-refractivity contribution in [3.05, 3.63) is 35.6 Å². The van der Waals surface area contributed by atoms with Crippen molar-refractivity contribution in [2.75, 3.05) is 19.8 Å². The molecule has 4 nitrogen and oxygen atoms in total. The highest BCUT2D eigenvalue weighted by Gasteiger charge is 2.45. The normalized spacial score (nSPS) is 17.5. The summed E-state index contributed by atoms with van der Waals surface area (Å²) in [7, 11) is 0. The van der Waals surface area contributed by atoms with E-state index in [-0.39, 0.29) is 19.0 Å². The van der Waals surface area contributed by atoms with Crippen LogP contribution in [0.15, 0.2) is 24.3 Å². The van der Waals surface area contributed by atoms with Gasteiger partial charge in [-0.3, -0.25) is 4.79 Å². The van der Waals surface area contributed by atoms with Crippen LogP contribution in [-0.4, -0.2) is 30.8 Å². The fraction of sp³-hybridized carbons (Fsp3) is 0.417. The van der Waals surface area contributed by atoms with E-state index in [2.05, 4.69) is 5.32 Å². The molecule has 5 heteroatoms. The number of rotatable bonds is 5. The topological polar surface area (TPSA) is 58.6 Å². The molecule has 1 saturated heterocycles. The zero-order valence-corrected chi connectivity index (χ0v) is 9.28. The van der Waals surface area contributed by atoms with Gasteiger partial charge in [0.05, 0.1) is 13.2 Å². The highest BCUT2D eigenvalue weighted by Crippen LogP contribution is 2.26. The van der Waals surface area contributed by atoms with Crippen LogP contribution in [0.5, 0.6) is 0 Å². The van der Waals surface area contributed by atoms with Crippen LogP contribution in [0.4, 0.5) is 4.39 Å². The van der Waals surface area contributed by atoms with E-state index < -0.39 is 11.4 Å². The predicted octanol–water partition coefficient (Wildman–Crippen LogP) is 1.02. The van der Waals surface area contributed by atoms with Gasteiger partial charge in [-0.1, -0.05) is 12.1 Å². The molecule has 1 aromatic carbocycles. The fourth-order valence-electron chi connectivity index (χ4n) is 1.74. The van der Waals surface area contributed by atoms with E-state index in [4.69, 9.17) is 9.84 Å². The van der Waals surface area contributed by atoms with Crippen LogP contribution in [0, 0.1) is 11.2 Å². The van der Waals surface area contributed by atoms with E-state index >= 15 is 0 Å². The molecule has 0 unspecified atom stereocenters. The Morgan fingerprint density at radius 3 is 2.82 bits per heavy atom. The summed E-state index contributed by atoms with van der Waals surface area (Å²) in [6, 6.07) is 6.23. The van der Waals surface area contributed by atoms with Crippen LogP contribution < -0.4 is 5.32 Å². The first-order chi connectivity index (χ1) is 8.12. The lowest BCUT2D eigenvalue weighted by Gasteiger charge is -2.37. The second-order valence-corrected chi connectivity index (χ2v) is 4.31. The van der Waals surface area contributed by atoms with Gasteiger partial charge in [0, 0.05) is 13.1 Å². The van der Waals surface area contributed by atoms with Crippen LogP contribution in [0.1, 0.15) is 5.56 Å². The van der Waals surface area contributed by atoms with Crippen molar-refractivity contribution in [3.8, 4) is 0 Å². The number of benzene rings is 1. The van der Waals surface area contributed by atoms with E-state index in [9.17, 15) is 9.18 Å². The molecule has 1 fully saturated rings. The summed E-state index contributed by atoms with van der Waals surface area (Å²) in [6.45, 7) is 1.25. The van der Waals surface area contributed by atoms with Crippen molar-refractivity contribution in [2.45, 2.75) is 6.54 Å². The lowest BCUT2D eigenvalue weighted by atomic mass is 9.86. The van der Waals surface area contributed by atoms with Gasteiger partial charge >= 0.3 is 5.97 Å². The largest absolute Gasteiger partial charge is 0.481 e. The molecule has 0 spiro atoms. The van der Waals surface area contributed by atoms with E-state index in [1.807, 2.05) is 0 Å². The number of carboxylic acids is 1. The number of carboxylic acid groups (broad SMARTS) is 1. The zero-order valence-electron chi connectivity index (χ0n) is 9.28. The minimum atomic E-state index is -0.851. The predicted molar refractivity (Wildman–Crippen MR) is 59.0 cm³/mol. The molecular weight excluding hydrogens is 225 g/mol. The second kappa shape index (κ2) is 4.81. The van der Waals surface area contributed by atoms with Gasteiger partial charge in [-0.15, -0.1) is 0 Å². The Morgan fingerprint density at radius 1 is 1.53 bits per heavy atom. The number of aliphatic carboxylic acids is 1. The summed E-state index contributed by atoms with van der Waals surface area (Å²) in [5.74, 6) is -1.14. The highest BCUT2D eigenvalue weighted by atomic mass is 19.1. The fourth-order valence-corrected chi connectivity index (χ4v) is 1.74. The van der Waals surface area contributed by atoms with Gasteiger partial charge in [0.15, 0.2) is 0 Å². The quantitative estimate of drug-likeness (QED) is 0.805. The summed E-state index contributed by atoms with van der Waals surface area (Å²) in [5.41, 5.74) is -0.0152. The Hall–Kier alpha value is -1.46. The third-order valence-electron chi connectivity index (χ3n) is 2.89. The maximum Gasteiger partial charge on any atom is 0.315 e. The van der Waals surface area contributed by atoms with Gasteiger partial charge in [-0.2, -0.15) is 0 Å². The third kappa shape index (κ3) is 2.62. The van der Waals surface area contributed by atoms with Crippen molar-refractivity contribution in [1.29, 1.82) is 0 Å². The Balaban J connectivity index is 1.85. The molecule has 0 aromatic heterocycles. The number of hydrogen-bond acceptors (Lipinski definition) is 3. The molecule has 2 N–H and O–H groups in total. The van der Waals surface area contributed by atoms with Crippen molar-refractivity contribution in [2.24, 2.45) is 5.41 Å². The lowest BCUT2D eigenvalue weighted by molar-refractivity contribution is -0.178. The molecule has 92 valence electrons. The number of hydrogen-bond donors (Lipinski definition) is 2. The smallest absolute Gasteiger partial charge is 0.315 e. The molecule has 2 rings (SSSR count). The first-order valence-corrected chi connectivity index (χ1v) is 5.39. The summed E-state index contributed by atoms with van der Waals surface area (Å²) < 4.78 is 17.8. The highest BCUT2D eigenvalue weighted by molar-refractivity contribution is 5.76. The summed E-state index contributed by atoms with van der Waals surface area (Å²) in [6.07, 6.45) is 0. The Kier molecular flexibility index (Phi) is 3.40. The van der Waals surface area contributed by atoms with Crippen LogP contribution in [-0.2, 0) is 16.1 Å². The summed E-state index contributed by atoms with van der Waals surface area (Å²) in [4.78, 5) is 11.0. The first kappa shape index (κ1) is 12.0. The molecule has 0 bridgehead atoms. The van der Waals surface area contributed by atoms with Crippen LogP contribution in [0.3, 0.4) is 0 Å². The van der Waals surface area contributed by atoms with Gasteiger partial charge in [-0.25, -0.2) is 4.39 Å². The summed E-state index contributed by atoms with van der Waals surface area (Å²) >= 11 is 0. The average Bonchev–Trinajstić information content (AvgIpc) is 2.21. The van der Waals surface area contributed by atoms with Crippen molar-refractivity contribution in [3.63, 3.8) is 0 Å². The molecule has 17 heavy (non-hydrogen) atoms. The molecule has 0 amide bonds. The molecule has 0 saturated carbocycles. The van der Waals surface area contributed by atoms with Crippen molar-refractivity contribution >= 4 is 5.97 Å². The number of nitrogens with one attached hydrogen (secondary N) is 1. The lowest BCUT2D eigenvalue weighted by Crippen LogP contribution is -2.55. The van der Waals surface area contributed by atoms with E-state index in [1.54, 1.807) is 12.1 Å². The second-order valence-electron chi connectivity index (χ2n) is 4.31. The Morgan fingerprint density at radius 2 is 2.29 bits per heavy atom. The van der Waals surface area contributed by atoms with Gasteiger partial charge in [-0.05, 0) is 17.7 Å². The molecule has 1 aliphatic rings. The van der Waals surface area contributed by atoms with Crippen LogP contribution in [0.2, 0.25) is 0 Å². The standard InChI is InChI=1S/C12H14FNO3/c13-10-3-1-2-9(4-10)5-14-6-12(11(15)16)7-17-8-12/h1-4,14H,5-8H2,(H,15,16). The SMILES string of the molecule is O=C(O)C1(CNCc2cccc(F)c2)COC1. The Bertz CT molecular complexity index is 418. The number of halogens is 1. The van der Waals surface area contributed by atoms with Gasteiger partial charge in [0.1, 0.15) is 11.2 Å². The maximum absolute atomic E-state index is 12.9. The number of carbonyl (C=O) groups is 1. The summed E-state index contributed by atoms with van der Waals surface area (Å²) in [5, 5.41) is 12.1. The van der Waals surface area contributed by atoms with E-state index in [1.165, 1.54) is 12.1 Å². The minimum Gasteiger partial charge on any atom is -0.481 e. The first-order valence-electron chi connectivity index (χ1n) is 5.39. The molecule has 1 aromatic rings. The number of ether oxygens (including phenoxy) is 1. The van der Waals surface area contributed by atoms with Crippen molar-refractivity contribution < 1.29 is 19.0 Å². The van der Waals surface area contributed by atoms with Gasteiger partial charge in [0.2, 0.25) is 0 Å². The monoisotopic (exact) mass is 239 g/mol. The van der Waals surface area contributed by atoms with E-state index in [0.29, 0.717) is 13.1 Å². The minimum absolute atomic E-state index is 0.235. The van der Waals surface area contributed by atoms with Crippen LogP contribution >= 0.6 is 0 Å². The average molecular weight is 239 g/mol. The van der Waals surface area contributed by atoms with Crippen LogP contribution in [0.25, 0.3) is 0 Å². The zero-order chi connectivity index (χ0) is 12.3. The molecule has 1 aliphatic heterocycles. The maximum atomic E-state index is 12.9. The Labute approximate surface area is 98.4 Å². The molecule has 1 heterocycles.